The van der Waals surface area contributed by atoms with Crippen LogP contribution in [0.15, 0.2) is 30.3 Å². The molecule has 1 atom stereocenters. The van der Waals surface area contributed by atoms with Gasteiger partial charge in [0.1, 0.15) is 5.60 Å². The Morgan fingerprint density at radius 3 is 2.46 bits per heavy atom. The Bertz CT molecular complexity index is 472. The van der Waals surface area contributed by atoms with E-state index in [9.17, 15) is 4.79 Å². The highest BCUT2D eigenvalue weighted by Gasteiger charge is 2.22. The van der Waals surface area contributed by atoms with E-state index in [2.05, 4.69) is 36.6 Å². The van der Waals surface area contributed by atoms with Gasteiger partial charge < -0.3 is 15.4 Å². The molecule has 0 spiro atoms. The van der Waals surface area contributed by atoms with Crippen LogP contribution in [0.3, 0.4) is 0 Å². The van der Waals surface area contributed by atoms with Gasteiger partial charge in [-0.2, -0.15) is 0 Å². The highest BCUT2D eigenvalue weighted by atomic mass is 16.6. The molecule has 0 fully saturated rings. The zero-order chi connectivity index (χ0) is 18.0. The number of carbonyl (C=O) groups excluding carboxylic acids is 1. The van der Waals surface area contributed by atoms with Crippen LogP contribution in [0, 0.1) is 5.92 Å². The molecule has 1 aromatic rings. The highest BCUT2D eigenvalue weighted by Crippen LogP contribution is 2.14. The molecule has 0 radical (unpaired) electrons. The molecule has 4 heteroatoms. The van der Waals surface area contributed by atoms with Gasteiger partial charge in [0.05, 0.1) is 0 Å². The van der Waals surface area contributed by atoms with Gasteiger partial charge in [-0.05, 0) is 57.7 Å². The van der Waals surface area contributed by atoms with Crippen LogP contribution in [0.25, 0.3) is 0 Å². The largest absolute Gasteiger partial charge is 0.444 e. The molecule has 1 amide bonds. The van der Waals surface area contributed by atoms with Crippen molar-refractivity contribution in [2.45, 2.75) is 65.5 Å². The van der Waals surface area contributed by atoms with Gasteiger partial charge in [0.2, 0.25) is 0 Å². The first kappa shape index (κ1) is 20.5. The Balaban J connectivity index is 2.57. The average Bonchev–Trinajstić information content (AvgIpc) is 2.51. The zero-order valence-electron chi connectivity index (χ0n) is 15.9. The van der Waals surface area contributed by atoms with Crippen LogP contribution < -0.4 is 10.6 Å². The zero-order valence-corrected chi connectivity index (χ0v) is 15.9. The number of ether oxygens (including phenoxy) is 1. The summed E-state index contributed by atoms with van der Waals surface area (Å²) in [6.45, 7) is 12.1. The molecule has 0 bridgehead atoms. The smallest absolute Gasteiger partial charge is 0.407 e. The first-order chi connectivity index (χ1) is 11.3. The van der Waals surface area contributed by atoms with E-state index < -0.39 is 5.60 Å². The molecule has 24 heavy (non-hydrogen) atoms. The van der Waals surface area contributed by atoms with Gasteiger partial charge in [0, 0.05) is 6.04 Å². The summed E-state index contributed by atoms with van der Waals surface area (Å²) in [6.07, 6.45) is 2.15. The molecule has 0 saturated carbocycles. The lowest BCUT2D eigenvalue weighted by Crippen LogP contribution is -2.42. The van der Waals surface area contributed by atoms with Gasteiger partial charge >= 0.3 is 6.09 Å². The number of carbonyl (C=O) groups is 1. The first-order valence-corrected chi connectivity index (χ1v) is 9.06. The third-order valence-corrected chi connectivity index (χ3v) is 4.09. The predicted molar refractivity (Wildman–Crippen MR) is 100 cm³/mol. The van der Waals surface area contributed by atoms with Gasteiger partial charge in [0.15, 0.2) is 0 Å². The minimum Gasteiger partial charge on any atom is -0.444 e. The van der Waals surface area contributed by atoms with Crippen LogP contribution in [0.1, 0.15) is 53.0 Å². The van der Waals surface area contributed by atoms with E-state index in [1.165, 1.54) is 5.56 Å². The fourth-order valence-electron chi connectivity index (χ4n) is 2.31. The number of nitrogens with one attached hydrogen (secondary N) is 2. The number of amides is 1. The number of alkyl carbamates (subject to hydrolysis) is 1. The fraction of sp³-hybridized carbons (Fsp3) is 0.650. The Morgan fingerprint density at radius 1 is 1.21 bits per heavy atom. The van der Waals surface area contributed by atoms with E-state index in [0.29, 0.717) is 5.92 Å². The summed E-state index contributed by atoms with van der Waals surface area (Å²) in [5.74, 6) is 0.626. The van der Waals surface area contributed by atoms with Crippen molar-refractivity contribution in [2.24, 2.45) is 5.92 Å². The number of benzene rings is 1. The fourth-order valence-corrected chi connectivity index (χ4v) is 2.31. The van der Waals surface area contributed by atoms with Gasteiger partial charge in [-0.15, -0.1) is 0 Å². The topological polar surface area (TPSA) is 50.4 Å². The molecule has 2 N–H and O–H groups in total. The maximum absolute atomic E-state index is 12.2. The standard InChI is InChI=1S/C20H34N2O2/c1-6-20(4,5)24-19(23)22-18(12-13-21-15-16(2)3)14-17-10-8-7-9-11-17/h7-11,16,18,21H,6,12-15H2,1-5H3,(H,22,23)/t18-/m1/s1. The van der Waals surface area contributed by atoms with E-state index in [4.69, 9.17) is 4.74 Å². The molecule has 0 aliphatic rings. The molecule has 0 aliphatic heterocycles. The summed E-state index contributed by atoms with van der Waals surface area (Å²) in [6, 6.07) is 10.3. The Morgan fingerprint density at radius 2 is 1.88 bits per heavy atom. The summed E-state index contributed by atoms with van der Waals surface area (Å²) in [5, 5.41) is 6.48. The van der Waals surface area contributed by atoms with Crippen LogP contribution >= 0.6 is 0 Å². The lowest BCUT2D eigenvalue weighted by atomic mass is 10.0. The predicted octanol–water partition coefficient (Wildman–Crippen LogP) is 4.15. The van der Waals surface area contributed by atoms with Crippen molar-refractivity contribution in [1.82, 2.24) is 10.6 Å². The monoisotopic (exact) mass is 334 g/mol. The molecule has 0 aliphatic carbocycles. The average molecular weight is 335 g/mol. The van der Waals surface area contributed by atoms with Crippen LogP contribution in [-0.2, 0) is 11.2 Å². The maximum atomic E-state index is 12.2. The molecule has 4 nitrogen and oxygen atoms in total. The van der Waals surface area contributed by atoms with Crippen molar-refractivity contribution in [1.29, 1.82) is 0 Å². The molecule has 1 rings (SSSR count). The van der Waals surface area contributed by atoms with E-state index in [0.717, 1.165) is 32.4 Å². The highest BCUT2D eigenvalue weighted by molar-refractivity contribution is 5.68. The molecule has 0 heterocycles. The SMILES string of the molecule is CCC(C)(C)OC(=O)N[C@H](CCNCC(C)C)Cc1ccccc1. The molecular formula is C20H34N2O2. The van der Waals surface area contributed by atoms with Crippen molar-refractivity contribution < 1.29 is 9.53 Å². The molecular weight excluding hydrogens is 300 g/mol. The summed E-state index contributed by atoms with van der Waals surface area (Å²) in [4.78, 5) is 12.2. The molecule has 0 aromatic heterocycles. The summed E-state index contributed by atoms with van der Waals surface area (Å²) < 4.78 is 5.53. The van der Waals surface area contributed by atoms with E-state index >= 15 is 0 Å². The number of hydrogen-bond donors (Lipinski definition) is 2. The normalized spacial score (nSPS) is 12.9. The number of hydrogen-bond acceptors (Lipinski definition) is 3. The van der Waals surface area contributed by atoms with Crippen molar-refractivity contribution >= 4 is 6.09 Å². The minimum atomic E-state index is -0.433. The van der Waals surface area contributed by atoms with Crippen molar-refractivity contribution in [3.05, 3.63) is 35.9 Å². The van der Waals surface area contributed by atoms with E-state index in [-0.39, 0.29) is 12.1 Å². The van der Waals surface area contributed by atoms with Crippen LogP contribution in [0.5, 0.6) is 0 Å². The third kappa shape index (κ3) is 8.92. The van der Waals surface area contributed by atoms with E-state index in [1.54, 1.807) is 0 Å². The van der Waals surface area contributed by atoms with Gasteiger partial charge in [-0.25, -0.2) is 4.79 Å². The number of rotatable bonds is 10. The minimum absolute atomic E-state index is 0.0622. The second-order valence-electron chi connectivity index (χ2n) is 7.42. The van der Waals surface area contributed by atoms with Crippen LogP contribution in [-0.4, -0.2) is 30.8 Å². The lowest BCUT2D eigenvalue weighted by molar-refractivity contribution is 0.0341. The van der Waals surface area contributed by atoms with Gasteiger partial charge in [-0.3, -0.25) is 0 Å². The third-order valence-electron chi connectivity index (χ3n) is 4.09. The quantitative estimate of drug-likeness (QED) is 0.632. The lowest BCUT2D eigenvalue weighted by Gasteiger charge is -2.26. The molecule has 1 aromatic carbocycles. The summed E-state index contributed by atoms with van der Waals surface area (Å²) in [7, 11) is 0. The summed E-state index contributed by atoms with van der Waals surface area (Å²) >= 11 is 0. The Kier molecular flexibility index (Phi) is 8.83. The van der Waals surface area contributed by atoms with Gasteiger partial charge in [0.25, 0.3) is 0 Å². The Hall–Kier alpha value is -1.55. The maximum Gasteiger partial charge on any atom is 0.407 e. The molecule has 136 valence electrons. The van der Waals surface area contributed by atoms with Crippen molar-refractivity contribution in [3.63, 3.8) is 0 Å². The molecule has 0 unspecified atom stereocenters. The summed E-state index contributed by atoms with van der Waals surface area (Å²) in [5.41, 5.74) is 0.790. The van der Waals surface area contributed by atoms with Crippen LogP contribution in [0.2, 0.25) is 0 Å². The second kappa shape index (κ2) is 10.3. The van der Waals surface area contributed by atoms with Gasteiger partial charge in [-0.1, -0.05) is 51.1 Å². The van der Waals surface area contributed by atoms with Crippen molar-refractivity contribution in [3.8, 4) is 0 Å². The molecule has 0 saturated heterocycles. The van der Waals surface area contributed by atoms with Crippen molar-refractivity contribution in [2.75, 3.05) is 13.1 Å². The van der Waals surface area contributed by atoms with Crippen LogP contribution in [0.4, 0.5) is 4.79 Å². The second-order valence-corrected chi connectivity index (χ2v) is 7.42. The van der Waals surface area contributed by atoms with E-state index in [1.807, 2.05) is 39.0 Å². The first-order valence-electron chi connectivity index (χ1n) is 9.06. The Labute approximate surface area is 147 Å².